The Kier molecular flexibility index (Phi) is 11.5. The molecule has 9 nitrogen and oxygen atoms in total. The lowest BCUT2D eigenvalue weighted by Crippen LogP contribution is -2.58. The Hall–Kier alpha value is -1.89. The molecule has 0 radical (unpaired) electrons. The minimum absolute atomic E-state index is 0.00591. The summed E-state index contributed by atoms with van der Waals surface area (Å²) < 4.78 is 12.5. The van der Waals surface area contributed by atoms with E-state index >= 15 is 0 Å². The number of nitrogens with one attached hydrogen (secondary N) is 1. The summed E-state index contributed by atoms with van der Waals surface area (Å²) in [6, 6.07) is 2.79. The third-order valence-electron chi connectivity index (χ3n) is 7.11. The van der Waals surface area contributed by atoms with Crippen LogP contribution >= 0.6 is 22.6 Å². The van der Waals surface area contributed by atoms with Gasteiger partial charge >= 0.3 is 0 Å². The van der Waals surface area contributed by atoms with E-state index in [0.29, 0.717) is 32.6 Å². The molecule has 1 saturated carbocycles. The molecule has 1 aromatic rings. The smallest absolute Gasteiger partial charge is 0.247 e. The fourth-order valence-corrected chi connectivity index (χ4v) is 6.03. The minimum Gasteiger partial charge on any atom is -0.493 e. The molecule has 206 valence electrons. The van der Waals surface area contributed by atoms with Crippen LogP contribution in [0.2, 0.25) is 0 Å². The van der Waals surface area contributed by atoms with Crippen LogP contribution in [0.4, 0.5) is 0 Å². The fraction of sp³-hybridized carbons (Fsp3) is 0.630. The zero-order valence-corrected chi connectivity index (χ0v) is 23.8. The van der Waals surface area contributed by atoms with Crippen molar-refractivity contribution in [3.8, 4) is 11.5 Å². The molecule has 10 heteroatoms. The molecule has 0 aromatic heterocycles. The highest BCUT2D eigenvalue weighted by molar-refractivity contribution is 14.1. The first-order valence-corrected chi connectivity index (χ1v) is 14.1. The number of rotatable bonds is 10. The van der Waals surface area contributed by atoms with Crippen molar-refractivity contribution in [2.45, 2.75) is 89.2 Å². The fourth-order valence-electron chi connectivity index (χ4n) is 5.24. The molecule has 4 N–H and O–H groups in total. The van der Waals surface area contributed by atoms with Gasteiger partial charge in [0, 0.05) is 31.0 Å². The summed E-state index contributed by atoms with van der Waals surface area (Å²) in [6.45, 7) is 1.56. The molecular formula is C27H39IN2O7. The number of hydrogen-bond donors (Lipinski definition) is 4. The standard InChI is InChI=1S/C27H39IN2O7/c1-3-24(33)30(19-8-6-4-5-7-9-19)21-14-18(27(35)29-10-11-31)15-22(25(21)34)37-26-20(28)12-17(16-32)13-23(26)36-2/h12-13,15,19,21-22,25,31-32,34H,3-11,14,16H2,1-2H3,(H,29,35). The topological polar surface area (TPSA) is 129 Å². The first-order valence-electron chi connectivity index (χ1n) is 13.1. The number of benzene rings is 1. The first-order chi connectivity index (χ1) is 17.8. The van der Waals surface area contributed by atoms with E-state index in [1.54, 1.807) is 18.2 Å². The van der Waals surface area contributed by atoms with Gasteiger partial charge < -0.3 is 35.0 Å². The van der Waals surface area contributed by atoms with Gasteiger partial charge in [-0.3, -0.25) is 9.59 Å². The van der Waals surface area contributed by atoms with Crippen LogP contribution in [-0.2, 0) is 16.2 Å². The first kappa shape index (κ1) is 29.7. The predicted molar refractivity (Wildman–Crippen MR) is 147 cm³/mol. The summed E-state index contributed by atoms with van der Waals surface area (Å²) >= 11 is 2.08. The van der Waals surface area contributed by atoms with E-state index in [1.165, 1.54) is 7.11 Å². The molecule has 0 bridgehead atoms. The van der Waals surface area contributed by atoms with Gasteiger partial charge in [-0.15, -0.1) is 0 Å². The number of aliphatic hydroxyl groups is 3. The van der Waals surface area contributed by atoms with Crippen molar-refractivity contribution in [1.82, 2.24) is 10.2 Å². The normalized spacial score (nSPS) is 22.5. The van der Waals surface area contributed by atoms with Crippen LogP contribution in [-0.4, -0.2) is 76.6 Å². The largest absolute Gasteiger partial charge is 0.493 e. The van der Waals surface area contributed by atoms with Gasteiger partial charge in [-0.05, 0) is 59.2 Å². The molecule has 1 fully saturated rings. The van der Waals surface area contributed by atoms with Crippen molar-refractivity contribution in [2.75, 3.05) is 20.3 Å². The van der Waals surface area contributed by atoms with Crippen molar-refractivity contribution in [3.63, 3.8) is 0 Å². The number of methoxy groups -OCH3 is 1. The Bertz CT molecular complexity index is 962. The number of halogens is 1. The number of nitrogens with zero attached hydrogens (tertiary/aromatic N) is 1. The Morgan fingerprint density at radius 3 is 2.46 bits per heavy atom. The molecule has 2 aliphatic rings. The molecule has 3 atom stereocenters. The zero-order chi connectivity index (χ0) is 26.9. The summed E-state index contributed by atoms with van der Waals surface area (Å²) in [4.78, 5) is 28.1. The lowest BCUT2D eigenvalue weighted by molar-refractivity contribution is -0.142. The van der Waals surface area contributed by atoms with Gasteiger partial charge in [0.25, 0.3) is 0 Å². The number of ether oxygens (including phenoxy) is 2. The number of carbonyl (C=O) groups is 2. The Labute approximate surface area is 232 Å². The van der Waals surface area contributed by atoms with Gasteiger partial charge in [-0.25, -0.2) is 0 Å². The molecule has 0 heterocycles. The van der Waals surface area contributed by atoms with Crippen LogP contribution in [0.1, 0.15) is 63.9 Å². The van der Waals surface area contributed by atoms with Crippen molar-refractivity contribution in [2.24, 2.45) is 0 Å². The SMILES string of the molecule is CCC(=O)N(C1CCCCCC1)C1CC(C(=O)NCCO)=CC(Oc2c(I)cc(CO)cc2OC)C1O. The highest BCUT2D eigenvalue weighted by atomic mass is 127. The molecule has 37 heavy (non-hydrogen) atoms. The molecule has 3 rings (SSSR count). The maximum Gasteiger partial charge on any atom is 0.247 e. The highest BCUT2D eigenvalue weighted by Crippen LogP contribution is 2.38. The summed E-state index contributed by atoms with van der Waals surface area (Å²) in [5.74, 6) is 0.377. The molecule has 0 saturated heterocycles. The van der Waals surface area contributed by atoms with Crippen LogP contribution in [0.25, 0.3) is 0 Å². The van der Waals surface area contributed by atoms with Crippen molar-refractivity contribution < 1.29 is 34.4 Å². The second-order valence-electron chi connectivity index (χ2n) is 9.58. The van der Waals surface area contributed by atoms with E-state index in [9.17, 15) is 24.9 Å². The molecular weight excluding hydrogens is 591 g/mol. The summed E-state index contributed by atoms with van der Waals surface area (Å²) in [5.41, 5.74) is 1.06. The Balaban J connectivity index is 2.01. The van der Waals surface area contributed by atoms with Crippen LogP contribution in [0.5, 0.6) is 11.5 Å². The van der Waals surface area contributed by atoms with Crippen molar-refractivity contribution >= 4 is 34.4 Å². The van der Waals surface area contributed by atoms with Gasteiger partial charge in [0.2, 0.25) is 11.8 Å². The van der Waals surface area contributed by atoms with Crippen LogP contribution in [0.15, 0.2) is 23.8 Å². The van der Waals surface area contributed by atoms with E-state index in [0.717, 1.165) is 38.5 Å². The highest BCUT2D eigenvalue weighted by Gasteiger charge is 2.42. The van der Waals surface area contributed by atoms with Crippen molar-refractivity contribution in [1.29, 1.82) is 0 Å². The summed E-state index contributed by atoms with van der Waals surface area (Å²) in [7, 11) is 1.50. The second kappa shape index (κ2) is 14.3. The van der Waals surface area contributed by atoms with E-state index in [1.807, 2.05) is 11.8 Å². The Morgan fingerprint density at radius 2 is 1.86 bits per heavy atom. The molecule has 0 spiro atoms. The lowest BCUT2D eigenvalue weighted by atomic mass is 9.86. The van der Waals surface area contributed by atoms with Gasteiger partial charge in [-0.2, -0.15) is 0 Å². The maximum atomic E-state index is 13.3. The third-order valence-corrected chi connectivity index (χ3v) is 7.91. The lowest BCUT2D eigenvalue weighted by Gasteiger charge is -2.44. The van der Waals surface area contributed by atoms with E-state index in [-0.39, 0.29) is 44.0 Å². The van der Waals surface area contributed by atoms with Gasteiger partial charge in [0.05, 0.1) is 29.9 Å². The Morgan fingerprint density at radius 1 is 1.16 bits per heavy atom. The summed E-state index contributed by atoms with van der Waals surface area (Å²) in [6.07, 6.45) is 6.12. The number of hydrogen-bond acceptors (Lipinski definition) is 7. The van der Waals surface area contributed by atoms with Crippen LogP contribution in [0, 0.1) is 3.57 Å². The van der Waals surface area contributed by atoms with Gasteiger partial charge in [0.15, 0.2) is 11.5 Å². The van der Waals surface area contributed by atoms with E-state index in [4.69, 9.17) is 9.47 Å². The molecule has 2 amide bonds. The maximum absolute atomic E-state index is 13.3. The number of aliphatic hydroxyl groups excluding tert-OH is 3. The van der Waals surface area contributed by atoms with Crippen molar-refractivity contribution in [3.05, 3.63) is 32.9 Å². The molecule has 1 aromatic carbocycles. The molecule has 0 aliphatic heterocycles. The average Bonchev–Trinajstić information content (AvgIpc) is 3.19. The minimum atomic E-state index is -1.08. The number of amides is 2. The zero-order valence-electron chi connectivity index (χ0n) is 21.6. The predicted octanol–water partition coefficient (Wildman–Crippen LogP) is 2.67. The third kappa shape index (κ3) is 7.36. The van der Waals surface area contributed by atoms with Crippen LogP contribution in [0.3, 0.4) is 0 Å². The van der Waals surface area contributed by atoms with Gasteiger partial charge in [-0.1, -0.05) is 32.6 Å². The molecule has 3 unspecified atom stereocenters. The second-order valence-corrected chi connectivity index (χ2v) is 10.7. The van der Waals surface area contributed by atoms with E-state index in [2.05, 4.69) is 27.9 Å². The monoisotopic (exact) mass is 630 g/mol. The average molecular weight is 631 g/mol. The summed E-state index contributed by atoms with van der Waals surface area (Å²) in [5, 5.41) is 33.1. The quantitative estimate of drug-likeness (QED) is 0.231. The van der Waals surface area contributed by atoms with Crippen LogP contribution < -0.4 is 14.8 Å². The van der Waals surface area contributed by atoms with E-state index < -0.39 is 18.2 Å². The van der Waals surface area contributed by atoms with Gasteiger partial charge in [0.1, 0.15) is 12.2 Å². The molecule has 2 aliphatic carbocycles. The number of carbonyl (C=O) groups excluding carboxylic acids is 2.